The Hall–Kier alpha value is -1.14. The smallest absolute Gasteiger partial charge is 0.226 e. The maximum absolute atomic E-state index is 13.4. The van der Waals surface area contributed by atoms with Gasteiger partial charge in [0.15, 0.2) is 0 Å². The maximum Gasteiger partial charge on any atom is 0.226 e. The fourth-order valence-corrected chi connectivity index (χ4v) is 5.93. The molecule has 4 nitrogen and oxygen atoms in total. The summed E-state index contributed by atoms with van der Waals surface area (Å²) in [5.74, 6) is 0.600. The number of para-hydroxylation sites is 1. The second kappa shape index (κ2) is 9.12. The number of amides is 1. The monoisotopic (exact) mass is 439 g/mol. The number of likely N-dealkylation sites (tertiary alicyclic amines) is 1. The van der Waals surface area contributed by atoms with Crippen molar-refractivity contribution >= 4 is 52.3 Å². The first-order valence-corrected chi connectivity index (χ1v) is 10.6. The second-order valence-electron chi connectivity index (χ2n) is 7.89. The number of nitrogens with one attached hydrogen (secondary N) is 1. The molecule has 152 valence electrons. The summed E-state index contributed by atoms with van der Waals surface area (Å²) in [4.78, 5) is 20.4. The van der Waals surface area contributed by atoms with Gasteiger partial charge in [-0.25, -0.2) is 4.98 Å². The van der Waals surface area contributed by atoms with Gasteiger partial charge in [-0.1, -0.05) is 24.3 Å². The summed E-state index contributed by atoms with van der Waals surface area (Å²) in [6.45, 7) is 1.78. The van der Waals surface area contributed by atoms with Crippen LogP contribution in [0.1, 0.15) is 43.0 Å². The van der Waals surface area contributed by atoms with Crippen molar-refractivity contribution in [1.29, 1.82) is 0 Å². The molecule has 0 spiro atoms. The van der Waals surface area contributed by atoms with E-state index in [0.717, 1.165) is 42.9 Å². The highest BCUT2D eigenvalue weighted by Crippen LogP contribution is 2.39. The number of carbonyl (C=O) groups is 1. The number of nitrogens with zero attached hydrogens (tertiary/aromatic N) is 2. The Labute approximate surface area is 182 Å². The average molecular weight is 440 g/mol. The van der Waals surface area contributed by atoms with E-state index < -0.39 is 0 Å². The molecule has 5 rings (SSSR count). The molecule has 1 amide bonds. The van der Waals surface area contributed by atoms with Gasteiger partial charge < -0.3 is 10.2 Å². The van der Waals surface area contributed by atoms with Gasteiger partial charge in [-0.2, -0.15) is 0 Å². The molecule has 3 aliphatic rings. The first kappa shape index (κ1) is 21.6. The van der Waals surface area contributed by atoms with Gasteiger partial charge >= 0.3 is 0 Å². The Kier molecular flexibility index (Phi) is 7.02. The number of carbonyl (C=O) groups excluding carboxylic acids is 1. The Morgan fingerprint density at radius 2 is 1.86 bits per heavy atom. The highest BCUT2D eigenvalue weighted by molar-refractivity contribution is 7.18. The third-order valence-corrected chi connectivity index (χ3v) is 7.38. The third-order valence-electron chi connectivity index (χ3n) is 6.21. The van der Waals surface area contributed by atoms with Crippen LogP contribution in [0.15, 0.2) is 36.4 Å². The lowest BCUT2D eigenvalue weighted by atomic mass is 9.82. The molecule has 1 aliphatic carbocycles. The van der Waals surface area contributed by atoms with Crippen molar-refractivity contribution in [2.75, 3.05) is 13.1 Å². The number of hydrogen-bond acceptors (Lipinski definition) is 4. The predicted molar refractivity (Wildman–Crippen MR) is 120 cm³/mol. The molecule has 1 N–H and O–H groups in total. The molecule has 1 aromatic carbocycles. The van der Waals surface area contributed by atoms with Crippen LogP contribution in [-0.2, 0) is 4.79 Å². The lowest BCUT2D eigenvalue weighted by Crippen LogP contribution is -2.43. The molecule has 1 aromatic heterocycles. The zero-order chi connectivity index (χ0) is 17.5. The van der Waals surface area contributed by atoms with Crippen molar-refractivity contribution in [3.63, 3.8) is 0 Å². The molecule has 0 saturated carbocycles. The van der Waals surface area contributed by atoms with Gasteiger partial charge in [-0.15, -0.1) is 36.2 Å². The van der Waals surface area contributed by atoms with Crippen molar-refractivity contribution in [2.24, 2.45) is 5.92 Å². The maximum atomic E-state index is 13.4. The molecule has 2 aliphatic heterocycles. The largest absolute Gasteiger partial charge is 0.341 e. The first-order chi connectivity index (χ1) is 12.8. The van der Waals surface area contributed by atoms with Crippen LogP contribution in [-0.4, -0.2) is 41.0 Å². The van der Waals surface area contributed by atoms with Gasteiger partial charge in [0, 0.05) is 31.1 Å². The molecule has 4 atom stereocenters. The average Bonchev–Trinajstić information content (AvgIpc) is 3.24. The summed E-state index contributed by atoms with van der Waals surface area (Å²) in [5.41, 5.74) is 1.06. The number of hydrogen-bond donors (Lipinski definition) is 1. The topological polar surface area (TPSA) is 45.2 Å². The Morgan fingerprint density at radius 3 is 2.71 bits per heavy atom. The minimum absolute atomic E-state index is 0. The molecule has 4 unspecified atom stereocenters. The first-order valence-electron chi connectivity index (χ1n) is 9.83. The standard InChI is InChI=1S/C21H25N3OS.2ClH/c25-21(24-12-11-14-9-10-15(13-24)22-14)17-6-2-1-5-16(17)20-23-18-7-3-4-8-19(18)26-20;;/h1-4,7-8,14-17,22H,5-6,9-13H2;2*1H. The van der Waals surface area contributed by atoms with Crippen LogP contribution in [0.4, 0.5) is 0 Å². The van der Waals surface area contributed by atoms with Crippen molar-refractivity contribution in [1.82, 2.24) is 15.2 Å². The van der Waals surface area contributed by atoms with Crippen LogP contribution in [0.25, 0.3) is 10.2 Å². The van der Waals surface area contributed by atoms with Crippen LogP contribution < -0.4 is 5.32 Å². The summed E-state index contributed by atoms with van der Waals surface area (Å²) in [6, 6.07) is 9.41. The molecule has 0 radical (unpaired) electrons. The lowest BCUT2D eigenvalue weighted by Gasteiger charge is -2.32. The van der Waals surface area contributed by atoms with Gasteiger partial charge in [0.2, 0.25) is 5.91 Å². The van der Waals surface area contributed by atoms with E-state index in [1.807, 2.05) is 6.07 Å². The van der Waals surface area contributed by atoms with Crippen molar-refractivity contribution in [2.45, 2.75) is 50.1 Å². The van der Waals surface area contributed by atoms with Gasteiger partial charge in [-0.3, -0.25) is 4.79 Å². The number of rotatable bonds is 2. The fourth-order valence-electron chi connectivity index (χ4n) is 4.79. The summed E-state index contributed by atoms with van der Waals surface area (Å²) in [7, 11) is 0. The van der Waals surface area contributed by atoms with Crippen LogP contribution in [0.3, 0.4) is 0 Å². The molecule has 2 saturated heterocycles. The minimum atomic E-state index is 0. The quantitative estimate of drug-likeness (QED) is 0.698. The van der Waals surface area contributed by atoms with Gasteiger partial charge in [-0.05, 0) is 44.2 Å². The van der Waals surface area contributed by atoms with E-state index in [-0.39, 0.29) is 36.6 Å². The third kappa shape index (κ3) is 4.09. The van der Waals surface area contributed by atoms with E-state index in [2.05, 4.69) is 40.6 Å². The number of fused-ring (bicyclic) bond motifs is 3. The van der Waals surface area contributed by atoms with E-state index in [0.29, 0.717) is 18.0 Å². The number of benzene rings is 1. The lowest BCUT2D eigenvalue weighted by molar-refractivity contribution is -0.136. The van der Waals surface area contributed by atoms with E-state index in [1.165, 1.54) is 17.5 Å². The number of halogens is 2. The second-order valence-corrected chi connectivity index (χ2v) is 8.95. The van der Waals surface area contributed by atoms with Crippen LogP contribution in [0.2, 0.25) is 0 Å². The van der Waals surface area contributed by atoms with Gasteiger partial charge in [0.1, 0.15) is 0 Å². The van der Waals surface area contributed by atoms with Crippen LogP contribution in [0, 0.1) is 5.92 Å². The van der Waals surface area contributed by atoms with Gasteiger partial charge in [0.05, 0.1) is 21.1 Å². The van der Waals surface area contributed by atoms with Crippen molar-refractivity contribution in [3.8, 4) is 0 Å². The normalized spacial score (nSPS) is 29.1. The highest BCUT2D eigenvalue weighted by Gasteiger charge is 2.38. The van der Waals surface area contributed by atoms with Gasteiger partial charge in [0.25, 0.3) is 0 Å². The van der Waals surface area contributed by atoms with E-state index in [1.54, 1.807) is 11.3 Å². The molecular formula is C21H27Cl2N3OS. The number of allylic oxidation sites excluding steroid dienone is 2. The minimum Gasteiger partial charge on any atom is -0.341 e. The molecular weight excluding hydrogens is 413 g/mol. The van der Waals surface area contributed by atoms with Crippen LogP contribution >= 0.6 is 36.2 Å². The molecule has 28 heavy (non-hydrogen) atoms. The van der Waals surface area contributed by atoms with E-state index in [9.17, 15) is 4.79 Å². The Balaban J connectivity index is 0.00000112. The van der Waals surface area contributed by atoms with Crippen molar-refractivity contribution < 1.29 is 4.79 Å². The number of thiazole rings is 1. The molecule has 2 bridgehead atoms. The van der Waals surface area contributed by atoms with Crippen LogP contribution in [0.5, 0.6) is 0 Å². The fraction of sp³-hybridized carbons (Fsp3) is 0.524. The zero-order valence-corrected chi connectivity index (χ0v) is 18.2. The molecule has 7 heteroatoms. The SMILES string of the molecule is Cl.Cl.O=C(C1CC=CCC1c1nc2ccccc2s1)N1CCC2CCC(C1)N2. The van der Waals surface area contributed by atoms with Crippen molar-refractivity contribution in [3.05, 3.63) is 41.4 Å². The predicted octanol–water partition coefficient (Wildman–Crippen LogP) is 4.54. The van der Waals surface area contributed by atoms with E-state index >= 15 is 0 Å². The summed E-state index contributed by atoms with van der Waals surface area (Å²) in [6.07, 6.45) is 9.76. The Bertz CT molecular complexity index is 822. The van der Waals surface area contributed by atoms with E-state index in [4.69, 9.17) is 4.98 Å². The molecule has 2 fully saturated rings. The summed E-state index contributed by atoms with van der Waals surface area (Å²) < 4.78 is 1.22. The Morgan fingerprint density at radius 1 is 1.07 bits per heavy atom. The summed E-state index contributed by atoms with van der Waals surface area (Å²) in [5, 5.41) is 4.81. The zero-order valence-electron chi connectivity index (χ0n) is 15.8. The molecule has 2 aromatic rings. The number of aromatic nitrogens is 1. The summed E-state index contributed by atoms with van der Waals surface area (Å²) >= 11 is 1.76. The highest BCUT2D eigenvalue weighted by atomic mass is 35.5. The molecule has 3 heterocycles.